The van der Waals surface area contributed by atoms with Gasteiger partial charge in [0.15, 0.2) is 0 Å². The van der Waals surface area contributed by atoms with Gasteiger partial charge in [-0.1, -0.05) is 64.2 Å². The van der Waals surface area contributed by atoms with Gasteiger partial charge in [0.05, 0.1) is 0 Å². The van der Waals surface area contributed by atoms with E-state index in [9.17, 15) is 0 Å². The van der Waals surface area contributed by atoms with E-state index in [1.54, 1.807) is 7.11 Å². The summed E-state index contributed by atoms with van der Waals surface area (Å²) in [7, 11) is 1.79. The van der Waals surface area contributed by atoms with Crippen LogP contribution < -0.4 is 5.73 Å². The molecule has 0 rings (SSSR count). The number of unbranched alkanes of at least 4 members (excludes halogenated alkanes) is 11. The van der Waals surface area contributed by atoms with Gasteiger partial charge in [0, 0.05) is 13.7 Å². The number of ether oxygens (including phenoxy) is 1. The normalized spacial score (nSPS) is 10.9. The molecule has 0 aliphatic carbocycles. The molecule has 0 heterocycles. The Morgan fingerprint density at radius 1 is 0.588 bits per heavy atom. The highest BCUT2D eigenvalue weighted by Crippen LogP contribution is 2.11. The Morgan fingerprint density at radius 2 is 0.941 bits per heavy atom. The van der Waals surface area contributed by atoms with Gasteiger partial charge in [-0.3, -0.25) is 0 Å². The third kappa shape index (κ3) is 15.9. The van der Waals surface area contributed by atoms with Crippen LogP contribution in [0.4, 0.5) is 0 Å². The average molecular weight is 243 g/mol. The van der Waals surface area contributed by atoms with E-state index in [1.807, 2.05) is 0 Å². The molecule has 2 N–H and O–H groups in total. The molecular formula is C15H33NO. The third-order valence-corrected chi connectivity index (χ3v) is 3.30. The van der Waals surface area contributed by atoms with E-state index in [0.717, 1.165) is 13.2 Å². The van der Waals surface area contributed by atoms with E-state index < -0.39 is 0 Å². The van der Waals surface area contributed by atoms with E-state index in [0.29, 0.717) is 0 Å². The number of nitrogens with two attached hydrogens (primary N) is 1. The van der Waals surface area contributed by atoms with Crippen molar-refractivity contribution in [1.29, 1.82) is 0 Å². The lowest BCUT2D eigenvalue weighted by Gasteiger charge is -2.02. The van der Waals surface area contributed by atoms with Gasteiger partial charge in [0.25, 0.3) is 0 Å². The molecular weight excluding hydrogens is 210 g/mol. The highest BCUT2D eigenvalue weighted by atomic mass is 16.5. The Labute approximate surface area is 108 Å². The zero-order valence-corrected chi connectivity index (χ0v) is 11.9. The highest BCUT2D eigenvalue weighted by Gasteiger charge is 1.93. The summed E-state index contributed by atoms with van der Waals surface area (Å²) in [4.78, 5) is 0. The van der Waals surface area contributed by atoms with E-state index in [2.05, 4.69) is 0 Å². The second-order valence-corrected chi connectivity index (χ2v) is 5.02. The Hall–Kier alpha value is -0.0800. The fourth-order valence-electron chi connectivity index (χ4n) is 2.16. The average Bonchev–Trinajstić information content (AvgIpc) is 2.35. The molecule has 0 radical (unpaired) electrons. The molecule has 104 valence electrons. The van der Waals surface area contributed by atoms with Gasteiger partial charge in [-0.2, -0.15) is 0 Å². The maximum atomic E-state index is 5.46. The lowest BCUT2D eigenvalue weighted by atomic mass is 10.1. The van der Waals surface area contributed by atoms with Crippen LogP contribution in [-0.4, -0.2) is 20.3 Å². The maximum Gasteiger partial charge on any atom is 0.0462 e. The second kappa shape index (κ2) is 15.9. The number of hydrogen-bond donors (Lipinski definition) is 1. The molecule has 0 fully saturated rings. The van der Waals surface area contributed by atoms with Gasteiger partial charge in [0.2, 0.25) is 0 Å². The van der Waals surface area contributed by atoms with Crippen LogP contribution in [0, 0.1) is 0 Å². The van der Waals surface area contributed by atoms with Crippen molar-refractivity contribution in [3.63, 3.8) is 0 Å². The Bertz CT molecular complexity index is 114. The van der Waals surface area contributed by atoms with Crippen LogP contribution in [0.15, 0.2) is 0 Å². The minimum Gasteiger partial charge on any atom is -0.385 e. The number of rotatable bonds is 14. The van der Waals surface area contributed by atoms with Crippen molar-refractivity contribution in [2.45, 2.75) is 77.0 Å². The summed E-state index contributed by atoms with van der Waals surface area (Å²) in [6, 6.07) is 0. The van der Waals surface area contributed by atoms with Crippen LogP contribution in [0.3, 0.4) is 0 Å². The molecule has 0 aromatic carbocycles. The van der Waals surface area contributed by atoms with Crippen molar-refractivity contribution in [2.75, 3.05) is 20.3 Å². The predicted octanol–water partition coefficient (Wildman–Crippen LogP) is 4.27. The Morgan fingerprint density at radius 3 is 1.29 bits per heavy atom. The van der Waals surface area contributed by atoms with Crippen LogP contribution in [0.2, 0.25) is 0 Å². The lowest BCUT2D eigenvalue weighted by Crippen LogP contribution is -1.97. The number of hydrogen-bond acceptors (Lipinski definition) is 2. The van der Waals surface area contributed by atoms with Gasteiger partial charge in [-0.05, 0) is 19.4 Å². The molecule has 0 unspecified atom stereocenters. The van der Waals surface area contributed by atoms with Crippen molar-refractivity contribution in [1.82, 2.24) is 0 Å². The Balaban J connectivity index is 2.85. The maximum absolute atomic E-state index is 5.46. The monoisotopic (exact) mass is 243 g/mol. The van der Waals surface area contributed by atoms with Crippen molar-refractivity contribution in [3.05, 3.63) is 0 Å². The molecule has 0 atom stereocenters. The summed E-state index contributed by atoms with van der Waals surface area (Å²) in [6.07, 6.45) is 16.4. The summed E-state index contributed by atoms with van der Waals surface area (Å²) < 4.78 is 5.03. The van der Waals surface area contributed by atoms with Crippen LogP contribution in [0.1, 0.15) is 77.0 Å². The molecule has 0 aromatic heterocycles. The first kappa shape index (κ1) is 16.9. The Kier molecular flexibility index (Phi) is 15.8. The SMILES string of the molecule is COCCCCCCCCCCCCCCN. The van der Waals surface area contributed by atoms with Crippen LogP contribution >= 0.6 is 0 Å². The molecule has 2 nitrogen and oxygen atoms in total. The van der Waals surface area contributed by atoms with Crippen molar-refractivity contribution in [2.24, 2.45) is 5.73 Å². The summed E-state index contributed by atoms with van der Waals surface area (Å²) in [6.45, 7) is 1.80. The van der Waals surface area contributed by atoms with Crippen molar-refractivity contribution in [3.8, 4) is 0 Å². The molecule has 0 aliphatic rings. The number of methoxy groups -OCH3 is 1. The molecule has 0 saturated carbocycles. The van der Waals surface area contributed by atoms with Gasteiger partial charge in [-0.25, -0.2) is 0 Å². The first-order valence-electron chi connectivity index (χ1n) is 7.61. The third-order valence-electron chi connectivity index (χ3n) is 3.30. The zero-order valence-electron chi connectivity index (χ0n) is 11.9. The van der Waals surface area contributed by atoms with Gasteiger partial charge >= 0.3 is 0 Å². The van der Waals surface area contributed by atoms with E-state index in [-0.39, 0.29) is 0 Å². The highest BCUT2D eigenvalue weighted by molar-refractivity contribution is 4.49. The fourth-order valence-corrected chi connectivity index (χ4v) is 2.16. The van der Waals surface area contributed by atoms with Crippen LogP contribution in [0.5, 0.6) is 0 Å². The van der Waals surface area contributed by atoms with Gasteiger partial charge in [0.1, 0.15) is 0 Å². The first-order valence-corrected chi connectivity index (χ1v) is 7.61. The fraction of sp³-hybridized carbons (Fsp3) is 1.00. The summed E-state index contributed by atoms with van der Waals surface area (Å²) in [5.41, 5.74) is 5.46. The second-order valence-electron chi connectivity index (χ2n) is 5.02. The quantitative estimate of drug-likeness (QED) is 0.462. The molecule has 0 spiro atoms. The summed E-state index contributed by atoms with van der Waals surface area (Å²) in [5, 5.41) is 0. The predicted molar refractivity (Wildman–Crippen MR) is 76.3 cm³/mol. The minimum absolute atomic E-state index is 0.864. The topological polar surface area (TPSA) is 35.2 Å². The standard InChI is InChI=1S/C15H33NO/c1-17-15-13-11-9-7-5-3-2-4-6-8-10-12-14-16/h2-16H2,1H3. The molecule has 0 saturated heterocycles. The van der Waals surface area contributed by atoms with E-state index >= 15 is 0 Å². The molecule has 17 heavy (non-hydrogen) atoms. The smallest absolute Gasteiger partial charge is 0.0462 e. The summed E-state index contributed by atoms with van der Waals surface area (Å²) in [5.74, 6) is 0. The van der Waals surface area contributed by atoms with E-state index in [1.165, 1.54) is 77.0 Å². The molecule has 0 aromatic rings. The zero-order chi connectivity index (χ0) is 12.6. The molecule has 0 aliphatic heterocycles. The molecule has 0 amide bonds. The molecule has 2 heteroatoms. The lowest BCUT2D eigenvalue weighted by molar-refractivity contribution is 0.192. The van der Waals surface area contributed by atoms with E-state index in [4.69, 9.17) is 10.5 Å². The minimum atomic E-state index is 0.864. The van der Waals surface area contributed by atoms with Gasteiger partial charge < -0.3 is 10.5 Å². The van der Waals surface area contributed by atoms with Crippen molar-refractivity contribution >= 4 is 0 Å². The van der Waals surface area contributed by atoms with Crippen LogP contribution in [0.25, 0.3) is 0 Å². The van der Waals surface area contributed by atoms with Gasteiger partial charge in [-0.15, -0.1) is 0 Å². The van der Waals surface area contributed by atoms with Crippen LogP contribution in [-0.2, 0) is 4.74 Å². The largest absolute Gasteiger partial charge is 0.385 e. The first-order chi connectivity index (χ1) is 8.41. The molecule has 0 bridgehead atoms. The summed E-state index contributed by atoms with van der Waals surface area (Å²) >= 11 is 0. The van der Waals surface area contributed by atoms with Crippen molar-refractivity contribution < 1.29 is 4.74 Å².